The molecule has 2 rings (SSSR count). The molecule has 0 spiro atoms. The highest BCUT2D eigenvalue weighted by atomic mass is 16.1. The molecule has 1 unspecified atom stereocenters. The maximum atomic E-state index is 11.6. The summed E-state index contributed by atoms with van der Waals surface area (Å²) in [6.07, 6.45) is 1.84. The van der Waals surface area contributed by atoms with Crippen LogP contribution in [0.4, 0.5) is 0 Å². The van der Waals surface area contributed by atoms with Crippen molar-refractivity contribution in [1.29, 1.82) is 0 Å². The number of nitrogens with two attached hydrogens (primary N) is 1. The van der Waals surface area contributed by atoms with Gasteiger partial charge in [0.2, 0.25) is 0 Å². The first kappa shape index (κ1) is 12.3. The Balaban J connectivity index is 1.93. The number of rotatable bonds is 4. The van der Waals surface area contributed by atoms with Crippen LogP contribution in [0.3, 0.4) is 0 Å². The summed E-state index contributed by atoms with van der Waals surface area (Å²) in [5.74, 6) is 0. The van der Waals surface area contributed by atoms with Gasteiger partial charge in [-0.2, -0.15) is 0 Å². The third-order valence-corrected chi connectivity index (χ3v) is 3.27. The molecule has 0 aromatic carbocycles. The summed E-state index contributed by atoms with van der Waals surface area (Å²) in [7, 11) is 0. The molecule has 17 heavy (non-hydrogen) atoms. The fourth-order valence-corrected chi connectivity index (χ4v) is 2.21. The van der Waals surface area contributed by atoms with Crippen molar-refractivity contribution in [2.24, 2.45) is 5.73 Å². The predicted molar refractivity (Wildman–Crippen MR) is 68.0 cm³/mol. The van der Waals surface area contributed by atoms with Crippen LogP contribution in [0.2, 0.25) is 0 Å². The van der Waals surface area contributed by atoms with Crippen molar-refractivity contribution in [2.75, 3.05) is 32.7 Å². The molecule has 5 heteroatoms. The van der Waals surface area contributed by atoms with Crippen molar-refractivity contribution < 1.29 is 0 Å². The van der Waals surface area contributed by atoms with Gasteiger partial charge in [-0.3, -0.25) is 9.69 Å². The first-order valence-electron chi connectivity index (χ1n) is 6.11. The summed E-state index contributed by atoms with van der Waals surface area (Å²) in [5.41, 5.74) is 5.80. The van der Waals surface area contributed by atoms with Gasteiger partial charge in [0.1, 0.15) is 0 Å². The molecular weight excluding hydrogens is 216 g/mol. The van der Waals surface area contributed by atoms with E-state index in [0.29, 0.717) is 12.6 Å². The van der Waals surface area contributed by atoms with E-state index in [1.165, 1.54) is 0 Å². The van der Waals surface area contributed by atoms with Crippen molar-refractivity contribution in [3.8, 4) is 0 Å². The van der Waals surface area contributed by atoms with E-state index in [0.717, 1.165) is 32.7 Å². The van der Waals surface area contributed by atoms with Gasteiger partial charge in [-0.25, -0.2) is 0 Å². The van der Waals surface area contributed by atoms with Gasteiger partial charge in [0.05, 0.1) is 0 Å². The molecule has 1 saturated heterocycles. The van der Waals surface area contributed by atoms with Gasteiger partial charge in [-0.15, -0.1) is 0 Å². The van der Waals surface area contributed by atoms with Crippen LogP contribution in [0, 0.1) is 0 Å². The average molecular weight is 236 g/mol. The fourth-order valence-electron chi connectivity index (χ4n) is 2.21. The topological polar surface area (TPSA) is 63.3 Å². The van der Waals surface area contributed by atoms with Gasteiger partial charge in [-0.05, 0) is 6.07 Å². The summed E-state index contributed by atoms with van der Waals surface area (Å²) in [6, 6.07) is 5.65. The van der Waals surface area contributed by atoms with Crippen LogP contribution in [0.5, 0.6) is 0 Å². The molecule has 1 fully saturated rings. The molecule has 0 aliphatic carbocycles. The van der Waals surface area contributed by atoms with E-state index in [9.17, 15) is 4.79 Å². The van der Waals surface area contributed by atoms with Crippen LogP contribution in [0.15, 0.2) is 29.2 Å². The van der Waals surface area contributed by atoms with Crippen molar-refractivity contribution in [1.82, 2.24) is 14.8 Å². The van der Waals surface area contributed by atoms with Crippen LogP contribution in [-0.2, 0) is 6.54 Å². The number of nitrogens with one attached hydrogen (secondary N) is 1. The Morgan fingerprint density at radius 3 is 3.06 bits per heavy atom. The Morgan fingerprint density at radius 1 is 1.41 bits per heavy atom. The molecule has 1 aromatic heterocycles. The summed E-state index contributed by atoms with van der Waals surface area (Å²) in [5, 5.41) is 3.34. The van der Waals surface area contributed by atoms with E-state index < -0.39 is 0 Å². The van der Waals surface area contributed by atoms with E-state index >= 15 is 0 Å². The van der Waals surface area contributed by atoms with E-state index in [2.05, 4.69) is 10.2 Å². The van der Waals surface area contributed by atoms with Gasteiger partial charge < -0.3 is 15.6 Å². The summed E-state index contributed by atoms with van der Waals surface area (Å²) in [4.78, 5) is 13.9. The number of piperazine rings is 1. The Labute approximate surface area is 101 Å². The van der Waals surface area contributed by atoms with E-state index in [-0.39, 0.29) is 5.56 Å². The monoisotopic (exact) mass is 236 g/mol. The standard InChI is InChI=1S/C12H20N4O/c13-9-11-10-14-4-6-15(11)7-8-16-5-2-1-3-12(16)17/h1-3,5,11,14H,4,6-10,13H2. The van der Waals surface area contributed by atoms with Crippen molar-refractivity contribution >= 4 is 0 Å². The zero-order chi connectivity index (χ0) is 12.1. The fraction of sp³-hybridized carbons (Fsp3) is 0.583. The molecule has 0 radical (unpaired) electrons. The van der Waals surface area contributed by atoms with E-state index in [1.54, 1.807) is 16.7 Å². The molecule has 1 aliphatic rings. The molecule has 1 atom stereocenters. The molecule has 1 aromatic rings. The van der Waals surface area contributed by atoms with Crippen LogP contribution >= 0.6 is 0 Å². The smallest absolute Gasteiger partial charge is 0.250 e. The molecule has 3 N–H and O–H groups in total. The van der Waals surface area contributed by atoms with Crippen LogP contribution < -0.4 is 16.6 Å². The number of pyridine rings is 1. The second-order valence-corrected chi connectivity index (χ2v) is 4.36. The molecule has 0 saturated carbocycles. The zero-order valence-electron chi connectivity index (χ0n) is 10.0. The first-order valence-corrected chi connectivity index (χ1v) is 6.11. The number of hydrogen-bond acceptors (Lipinski definition) is 4. The lowest BCUT2D eigenvalue weighted by molar-refractivity contribution is 0.159. The van der Waals surface area contributed by atoms with Gasteiger partial charge in [-0.1, -0.05) is 6.07 Å². The molecule has 5 nitrogen and oxygen atoms in total. The third-order valence-electron chi connectivity index (χ3n) is 3.27. The van der Waals surface area contributed by atoms with E-state index in [1.807, 2.05) is 12.3 Å². The number of aromatic nitrogens is 1. The lowest BCUT2D eigenvalue weighted by Crippen LogP contribution is -2.55. The maximum absolute atomic E-state index is 11.6. The minimum Gasteiger partial charge on any atom is -0.329 e. The average Bonchev–Trinajstić information content (AvgIpc) is 2.38. The highest BCUT2D eigenvalue weighted by Crippen LogP contribution is 2.01. The predicted octanol–water partition coefficient (Wildman–Crippen LogP) is -0.919. The highest BCUT2D eigenvalue weighted by molar-refractivity contribution is 4.93. The summed E-state index contributed by atoms with van der Waals surface area (Å²) in [6.45, 7) is 5.23. The summed E-state index contributed by atoms with van der Waals surface area (Å²) < 4.78 is 1.75. The lowest BCUT2D eigenvalue weighted by atomic mass is 10.2. The van der Waals surface area contributed by atoms with Gasteiger partial charge in [0.15, 0.2) is 0 Å². The third kappa shape index (κ3) is 3.15. The highest BCUT2D eigenvalue weighted by Gasteiger charge is 2.19. The number of nitrogens with zero attached hydrogens (tertiary/aromatic N) is 2. The van der Waals surface area contributed by atoms with Crippen molar-refractivity contribution in [3.63, 3.8) is 0 Å². The summed E-state index contributed by atoms with van der Waals surface area (Å²) >= 11 is 0. The van der Waals surface area contributed by atoms with Crippen LogP contribution in [0.25, 0.3) is 0 Å². The van der Waals surface area contributed by atoms with Gasteiger partial charge in [0.25, 0.3) is 5.56 Å². The Morgan fingerprint density at radius 2 is 2.29 bits per heavy atom. The molecule has 0 amide bonds. The Bertz CT molecular complexity index is 403. The zero-order valence-corrected chi connectivity index (χ0v) is 10.0. The second kappa shape index (κ2) is 5.95. The van der Waals surface area contributed by atoms with Crippen LogP contribution in [-0.4, -0.2) is 48.2 Å². The quantitative estimate of drug-likeness (QED) is 0.710. The molecule has 94 valence electrons. The first-order chi connectivity index (χ1) is 8.31. The van der Waals surface area contributed by atoms with E-state index in [4.69, 9.17) is 5.73 Å². The van der Waals surface area contributed by atoms with Gasteiger partial charge >= 0.3 is 0 Å². The maximum Gasteiger partial charge on any atom is 0.250 e. The van der Waals surface area contributed by atoms with Crippen LogP contribution in [0.1, 0.15) is 0 Å². The Hall–Kier alpha value is -1.17. The number of hydrogen-bond donors (Lipinski definition) is 2. The molecular formula is C12H20N4O. The minimum atomic E-state index is 0.0620. The largest absolute Gasteiger partial charge is 0.329 e. The lowest BCUT2D eigenvalue weighted by Gasteiger charge is -2.35. The SMILES string of the molecule is NCC1CNCCN1CCn1ccccc1=O. The normalized spacial score (nSPS) is 21.6. The van der Waals surface area contributed by atoms with Gasteiger partial charge in [0, 0.05) is 57.6 Å². The molecule has 2 heterocycles. The Kier molecular flexibility index (Phi) is 4.30. The molecule has 0 bridgehead atoms. The molecule has 1 aliphatic heterocycles. The minimum absolute atomic E-state index is 0.0620. The van der Waals surface area contributed by atoms with Crippen molar-refractivity contribution in [2.45, 2.75) is 12.6 Å². The van der Waals surface area contributed by atoms with Crippen molar-refractivity contribution in [3.05, 3.63) is 34.7 Å². The second-order valence-electron chi connectivity index (χ2n) is 4.36.